The molecule has 8 heteroatoms. The third-order valence-electron chi connectivity index (χ3n) is 5.67. The molecule has 33 heavy (non-hydrogen) atoms. The van der Waals surface area contributed by atoms with Crippen molar-refractivity contribution in [2.24, 2.45) is 7.05 Å². The Hall–Kier alpha value is -4.77. The number of pyridine rings is 1. The van der Waals surface area contributed by atoms with E-state index in [0.717, 1.165) is 45.1 Å². The maximum absolute atomic E-state index is 9.25. The van der Waals surface area contributed by atoms with Crippen LogP contribution in [0.25, 0.3) is 33.8 Å². The quantitative estimate of drug-likeness (QED) is 0.423. The minimum Gasteiger partial charge on any atom is -0.299 e. The fourth-order valence-corrected chi connectivity index (χ4v) is 4.05. The van der Waals surface area contributed by atoms with Crippen molar-refractivity contribution in [2.45, 2.75) is 6.42 Å². The summed E-state index contributed by atoms with van der Waals surface area (Å²) in [7, 11) is 1.89. The zero-order chi connectivity index (χ0) is 22.4. The number of aromatic nitrogens is 7. The van der Waals surface area contributed by atoms with Crippen LogP contribution in [0.15, 0.2) is 79.5 Å². The van der Waals surface area contributed by atoms with Crippen molar-refractivity contribution in [2.75, 3.05) is 0 Å². The van der Waals surface area contributed by atoms with Crippen LogP contribution in [-0.2, 0) is 13.5 Å². The molecule has 0 spiro atoms. The fraction of sp³-hybridized carbons (Fsp3) is 0.0800. The van der Waals surface area contributed by atoms with Gasteiger partial charge < -0.3 is 0 Å². The molecule has 0 radical (unpaired) electrons. The lowest BCUT2D eigenvalue weighted by atomic mass is 10.1. The van der Waals surface area contributed by atoms with Crippen molar-refractivity contribution in [1.82, 2.24) is 33.8 Å². The molecule has 8 nitrogen and oxygen atoms in total. The van der Waals surface area contributed by atoms with E-state index in [2.05, 4.69) is 37.8 Å². The highest BCUT2D eigenvalue weighted by atomic mass is 15.3. The summed E-state index contributed by atoms with van der Waals surface area (Å²) in [4.78, 5) is 9.05. The van der Waals surface area contributed by atoms with Crippen molar-refractivity contribution >= 4 is 11.3 Å². The van der Waals surface area contributed by atoms with E-state index in [4.69, 9.17) is 5.10 Å². The predicted octanol–water partition coefficient (Wildman–Crippen LogP) is 3.91. The number of benzene rings is 1. The number of nitrogens with zero attached hydrogens (tertiary/aromatic N) is 8. The van der Waals surface area contributed by atoms with Gasteiger partial charge in [-0.25, -0.2) is 14.5 Å². The Labute approximate surface area is 189 Å². The lowest BCUT2D eigenvalue weighted by molar-refractivity contribution is 0.768. The maximum Gasteiger partial charge on any atom is 0.153 e. The molecule has 0 saturated heterocycles. The lowest BCUT2D eigenvalue weighted by Crippen LogP contribution is -2.01. The largest absolute Gasteiger partial charge is 0.299 e. The highest BCUT2D eigenvalue weighted by Gasteiger charge is 2.11. The van der Waals surface area contributed by atoms with E-state index >= 15 is 0 Å². The minimum atomic E-state index is 0.625. The maximum atomic E-state index is 9.25. The van der Waals surface area contributed by atoms with Gasteiger partial charge in [0.2, 0.25) is 0 Å². The Kier molecular flexibility index (Phi) is 4.27. The average molecular weight is 430 g/mol. The van der Waals surface area contributed by atoms with Gasteiger partial charge >= 0.3 is 0 Å². The normalized spacial score (nSPS) is 11.3. The summed E-state index contributed by atoms with van der Waals surface area (Å²) >= 11 is 0. The first-order valence-corrected chi connectivity index (χ1v) is 10.5. The van der Waals surface area contributed by atoms with E-state index in [1.807, 2.05) is 66.6 Å². The summed E-state index contributed by atoms with van der Waals surface area (Å²) in [6.45, 7) is 0. The molecule has 158 valence electrons. The molecule has 0 N–H and O–H groups in total. The third-order valence-corrected chi connectivity index (χ3v) is 5.67. The van der Waals surface area contributed by atoms with Gasteiger partial charge in [0.15, 0.2) is 5.65 Å². The standard InChI is InChI=1S/C25H18N8/c1-31-16-20(12-29-31)22-6-8-25-27-13-21(33(25)30-22)10-18-5-7-24-28-14-23(32(24)15-18)19-4-2-3-17(9-19)11-26/h2-9,12-16H,10H2,1H3. The third kappa shape index (κ3) is 3.32. The van der Waals surface area contributed by atoms with Crippen LogP contribution in [-0.4, -0.2) is 33.8 Å². The lowest BCUT2D eigenvalue weighted by Gasteiger charge is -2.07. The zero-order valence-electron chi connectivity index (χ0n) is 17.8. The Morgan fingerprint density at radius 2 is 1.79 bits per heavy atom. The highest BCUT2D eigenvalue weighted by Crippen LogP contribution is 2.23. The molecular formula is C25H18N8. The predicted molar refractivity (Wildman–Crippen MR) is 123 cm³/mol. The van der Waals surface area contributed by atoms with Crippen molar-refractivity contribution in [3.8, 4) is 28.6 Å². The number of aryl methyl sites for hydroxylation is 1. The first-order valence-electron chi connectivity index (χ1n) is 10.5. The van der Waals surface area contributed by atoms with Crippen molar-refractivity contribution in [3.05, 3.63) is 96.3 Å². The molecule has 0 bridgehead atoms. The molecule has 6 rings (SSSR count). The van der Waals surface area contributed by atoms with Crippen LogP contribution in [0.3, 0.4) is 0 Å². The molecule has 0 unspecified atom stereocenters. The van der Waals surface area contributed by atoms with Crippen LogP contribution in [0.1, 0.15) is 16.8 Å². The average Bonchev–Trinajstić information content (AvgIpc) is 3.57. The van der Waals surface area contributed by atoms with E-state index in [9.17, 15) is 5.26 Å². The zero-order valence-corrected chi connectivity index (χ0v) is 17.8. The molecule has 5 heterocycles. The summed E-state index contributed by atoms with van der Waals surface area (Å²) in [5.74, 6) is 0. The number of hydrogen-bond donors (Lipinski definition) is 0. The summed E-state index contributed by atoms with van der Waals surface area (Å²) in [6, 6.07) is 17.8. The molecule has 0 aliphatic carbocycles. The van der Waals surface area contributed by atoms with Crippen LogP contribution >= 0.6 is 0 Å². The van der Waals surface area contributed by atoms with Gasteiger partial charge in [0.25, 0.3) is 0 Å². The van der Waals surface area contributed by atoms with E-state index in [0.29, 0.717) is 12.0 Å². The highest BCUT2D eigenvalue weighted by molar-refractivity contribution is 5.65. The topological polar surface area (TPSA) is 89.1 Å². The number of nitriles is 1. The van der Waals surface area contributed by atoms with Crippen molar-refractivity contribution < 1.29 is 0 Å². The van der Waals surface area contributed by atoms with Crippen molar-refractivity contribution in [3.63, 3.8) is 0 Å². The Morgan fingerprint density at radius 1 is 0.909 bits per heavy atom. The summed E-state index contributed by atoms with van der Waals surface area (Å²) in [5, 5.41) is 18.3. The van der Waals surface area contributed by atoms with Gasteiger partial charge in [0, 0.05) is 37.0 Å². The molecule has 0 saturated carbocycles. The molecule has 0 aliphatic rings. The second-order valence-electron chi connectivity index (χ2n) is 7.92. The molecule has 0 atom stereocenters. The Bertz CT molecular complexity index is 1680. The summed E-state index contributed by atoms with van der Waals surface area (Å²) < 4.78 is 5.71. The minimum absolute atomic E-state index is 0.625. The van der Waals surface area contributed by atoms with Gasteiger partial charge in [-0.2, -0.15) is 15.5 Å². The van der Waals surface area contributed by atoms with Gasteiger partial charge in [-0.15, -0.1) is 0 Å². The number of fused-ring (bicyclic) bond motifs is 2. The number of imidazole rings is 2. The summed E-state index contributed by atoms with van der Waals surface area (Å²) in [5.41, 5.74) is 8.08. The monoisotopic (exact) mass is 430 g/mol. The van der Waals surface area contributed by atoms with Crippen LogP contribution in [0.2, 0.25) is 0 Å². The number of rotatable bonds is 4. The fourth-order valence-electron chi connectivity index (χ4n) is 4.05. The first kappa shape index (κ1) is 19.0. The molecule has 5 aromatic heterocycles. The van der Waals surface area contributed by atoms with Crippen molar-refractivity contribution in [1.29, 1.82) is 5.26 Å². The Morgan fingerprint density at radius 3 is 2.64 bits per heavy atom. The molecule has 0 fully saturated rings. The first-order chi connectivity index (χ1) is 16.2. The van der Waals surface area contributed by atoms with E-state index in [1.165, 1.54) is 0 Å². The molecular weight excluding hydrogens is 412 g/mol. The van der Waals surface area contributed by atoms with Gasteiger partial charge in [0.1, 0.15) is 5.65 Å². The second-order valence-corrected chi connectivity index (χ2v) is 7.92. The molecule has 0 aliphatic heterocycles. The van der Waals surface area contributed by atoms with Gasteiger partial charge in [-0.3, -0.25) is 9.08 Å². The SMILES string of the molecule is Cn1cc(-c2ccc3ncc(Cc4ccc5ncc(-c6cccc(C#N)c6)n5c4)n3n2)cn1. The van der Waals surface area contributed by atoms with E-state index in [-0.39, 0.29) is 0 Å². The van der Waals surface area contributed by atoms with Crippen LogP contribution < -0.4 is 0 Å². The van der Waals surface area contributed by atoms with Crippen LogP contribution in [0, 0.1) is 11.3 Å². The van der Waals surface area contributed by atoms with Gasteiger partial charge in [0.05, 0.1) is 47.3 Å². The van der Waals surface area contributed by atoms with Gasteiger partial charge in [-0.1, -0.05) is 18.2 Å². The van der Waals surface area contributed by atoms with E-state index < -0.39 is 0 Å². The molecule has 6 aromatic rings. The summed E-state index contributed by atoms with van der Waals surface area (Å²) in [6.07, 6.45) is 10.2. The second kappa shape index (κ2) is 7.43. The Balaban J connectivity index is 1.39. The van der Waals surface area contributed by atoms with Gasteiger partial charge in [-0.05, 0) is 35.9 Å². The number of hydrogen-bond acceptors (Lipinski definition) is 5. The smallest absolute Gasteiger partial charge is 0.153 e. The van der Waals surface area contributed by atoms with E-state index in [1.54, 1.807) is 16.9 Å². The molecule has 1 aromatic carbocycles. The van der Waals surface area contributed by atoms with Crippen LogP contribution in [0.4, 0.5) is 0 Å². The van der Waals surface area contributed by atoms with Crippen LogP contribution in [0.5, 0.6) is 0 Å². The molecule has 0 amide bonds.